The lowest BCUT2D eigenvalue weighted by molar-refractivity contribution is -0.120. The van der Waals surface area contributed by atoms with Crippen molar-refractivity contribution >= 4 is 17.5 Å². The Morgan fingerprint density at radius 3 is 2.71 bits per heavy atom. The maximum absolute atomic E-state index is 11.3. The van der Waals surface area contributed by atoms with E-state index in [2.05, 4.69) is 10.4 Å². The van der Waals surface area contributed by atoms with E-state index in [-0.39, 0.29) is 18.0 Å². The second-order valence-electron chi connectivity index (χ2n) is 4.37. The van der Waals surface area contributed by atoms with Crippen LogP contribution in [0.25, 0.3) is 0 Å². The molecular formula is C11H19ClN4O. The average molecular weight is 259 g/mol. The first kappa shape index (κ1) is 14.0. The van der Waals surface area contributed by atoms with Gasteiger partial charge in [0.2, 0.25) is 5.91 Å². The monoisotopic (exact) mass is 258 g/mol. The lowest BCUT2D eigenvalue weighted by atomic mass is 10.1. The zero-order valence-corrected chi connectivity index (χ0v) is 11.2. The van der Waals surface area contributed by atoms with Crippen molar-refractivity contribution in [2.45, 2.75) is 45.8 Å². The molecule has 1 aromatic rings. The first-order valence-corrected chi connectivity index (χ1v) is 6.03. The van der Waals surface area contributed by atoms with E-state index in [1.165, 1.54) is 0 Å². The molecule has 0 fully saturated rings. The highest BCUT2D eigenvalue weighted by molar-refractivity contribution is 6.31. The summed E-state index contributed by atoms with van der Waals surface area (Å²) in [5.41, 5.74) is 6.24. The number of carbonyl (C=O) groups excluding carboxylic acids is 1. The van der Waals surface area contributed by atoms with Gasteiger partial charge in [-0.1, -0.05) is 25.4 Å². The lowest BCUT2D eigenvalue weighted by Gasteiger charge is -2.18. The quantitative estimate of drug-likeness (QED) is 0.802. The highest BCUT2D eigenvalue weighted by atomic mass is 35.5. The van der Waals surface area contributed by atoms with Gasteiger partial charge in [0, 0.05) is 12.6 Å². The lowest BCUT2D eigenvalue weighted by Crippen LogP contribution is -2.45. The molecule has 0 saturated heterocycles. The number of nitrogens with one attached hydrogen (secondary N) is 1. The summed E-state index contributed by atoms with van der Waals surface area (Å²) < 4.78 is 1.78. The number of amides is 1. The Morgan fingerprint density at radius 1 is 1.65 bits per heavy atom. The van der Waals surface area contributed by atoms with E-state index >= 15 is 0 Å². The molecule has 0 aliphatic heterocycles. The third-order valence-corrected chi connectivity index (χ3v) is 2.92. The Bertz CT molecular complexity index is 389. The van der Waals surface area contributed by atoms with Gasteiger partial charge in [-0.05, 0) is 13.3 Å². The van der Waals surface area contributed by atoms with E-state index in [9.17, 15) is 4.79 Å². The van der Waals surface area contributed by atoms with E-state index in [4.69, 9.17) is 17.3 Å². The van der Waals surface area contributed by atoms with Gasteiger partial charge in [0.05, 0.1) is 23.0 Å². The van der Waals surface area contributed by atoms with Gasteiger partial charge >= 0.3 is 0 Å². The van der Waals surface area contributed by atoms with Crippen LogP contribution in [0.15, 0.2) is 6.20 Å². The van der Waals surface area contributed by atoms with Crippen molar-refractivity contribution in [3.63, 3.8) is 0 Å². The first-order valence-electron chi connectivity index (χ1n) is 5.65. The summed E-state index contributed by atoms with van der Waals surface area (Å²) in [5.74, 6) is -0.338. The molecule has 0 bridgehead atoms. The summed E-state index contributed by atoms with van der Waals surface area (Å²) in [4.78, 5) is 11.3. The molecule has 1 rings (SSSR count). The van der Waals surface area contributed by atoms with Crippen LogP contribution in [0.4, 0.5) is 0 Å². The van der Waals surface area contributed by atoms with Crippen LogP contribution < -0.4 is 11.1 Å². The number of hydrogen-bond donors (Lipinski definition) is 2. The van der Waals surface area contributed by atoms with Gasteiger partial charge in [-0.3, -0.25) is 9.48 Å². The Labute approximate surface area is 106 Å². The van der Waals surface area contributed by atoms with Gasteiger partial charge in [0.25, 0.3) is 0 Å². The van der Waals surface area contributed by atoms with E-state index in [0.29, 0.717) is 18.0 Å². The molecule has 1 heterocycles. The predicted molar refractivity (Wildman–Crippen MR) is 67.8 cm³/mol. The molecule has 0 aliphatic rings. The summed E-state index contributed by atoms with van der Waals surface area (Å²) in [7, 11) is 0. The fourth-order valence-corrected chi connectivity index (χ4v) is 1.75. The van der Waals surface area contributed by atoms with E-state index in [1.807, 2.05) is 20.8 Å². The van der Waals surface area contributed by atoms with Crippen LogP contribution in [0, 0.1) is 6.92 Å². The van der Waals surface area contributed by atoms with Gasteiger partial charge in [0.1, 0.15) is 0 Å². The van der Waals surface area contributed by atoms with Crippen LogP contribution in [0.3, 0.4) is 0 Å². The number of nitrogens with two attached hydrogens (primary N) is 1. The SMILES string of the molecule is Cc1c(Cl)cnn1CCC(NC(C)C)C(N)=O. The zero-order valence-electron chi connectivity index (χ0n) is 10.4. The number of halogens is 1. The van der Waals surface area contributed by atoms with E-state index < -0.39 is 0 Å². The number of nitrogens with zero attached hydrogens (tertiary/aromatic N) is 2. The molecule has 17 heavy (non-hydrogen) atoms. The highest BCUT2D eigenvalue weighted by Gasteiger charge is 2.16. The first-order chi connectivity index (χ1) is 7.91. The molecular weight excluding hydrogens is 240 g/mol. The van der Waals surface area contributed by atoms with Crippen LogP contribution >= 0.6 is 11.6 Å². The summed E-state index contributed by atoms with van der Waals surface area (Å²) in [6.07, 6.45) is 2.21. The molecule has 1 atom stereocenters. The van der Waals surface area contributed by atoms with Gasteiger partial charge < -0.3 is 11.1 Å². The molecule has 3 N–H and O–H groups in total. The minimum atomic E-state index is -0.338. The third kappa shape index (κ3) is 4.02. The van der Waals surface area contributed by atoms with Crippen LogP contribution in [0.5, 0.6) is 0 Å². The topological polar surface area (TPSA) is 72.9 Å². The average Bonchev–Trinajstić information content (AvgIpc) is 2.54. The summed E-state index contributed by atoms with van der Waals surface area (Å²) in [6, 6.07) is -0.118. The molecule has 5 nitrogen and oxygen atoms in total. The molecule has 6 heteroatoms. The normalized spacial score (nSPS) is 13.0. The van der Waals surface area contributed by atoms with Crippen molar-refractivity contribution in [3.05, 3.63) is 16.9 Å². The second kappa shape index (κ2) is 6.02. The third-order valence-electron chi connectivity index (χ3n) is 2.55. The van der Waals surface area contributed by atoms with E-state index in [0.717, 1.165) is 5.69 Å². The molecule has 0 saturated carbocycles. The predicted octanol–water partition coefficient (Wildman–Crippen LogP) is 1.09. The van der Waals surface area contributed by atoms with Crippen molar-refractivity contribution in [3.8, 4) is 0 Å². The van der Waals surface area contributed by atoms with Crippen LogP contribution in [-0.2, 0) is 11.3 Å². The Kier molecular flexibility index (Phi) is 4.96. The molecule has 0 aliphatic carbocycles. The van der Waals surface area contributed by atoms with Crippen molar-refractivity contribution in [1.82, 2.24) is 15.1 Å². The number of carbonyl (C=O) groups is 1. The maximum Gasteiger partial charge on any atom is 0.234 e. The molecule has 1 unspecified atom stereocenters. The van der Waals surface area contributed by atoms with Crippen LogP contribution in [-0.4, -0.2) is 27.8 Å². The summed E-state index contributed by atoms with van der Waals surface area (Å²) in [5, 5.41) is 7.89. The van der Waals surface area contributed by atoms with Crippen molar-refractivity contribution < 1.29 is 4.79 Å². The van der Waals surface area contributed by atoms with Crippen molar-refractivity contribution in [2.24, 2.45) is 5.73 Å². The maximum atomic E-state index is 11.3. The van der Waals surface area contributed by atoms with Gasteiger partial charge in [-0.25, -0.2) is 0 Å². The zero-order chi connectivity index (χ0) is 13.0. The fourth-order valence-electron chi connectivity index (χ4n) is 1.61. The van der Waals surface area contributed by atoms with Gasteiger partial charge in [-0.2, -0.15) is 5.10 Å². The second-order valence-corrected chi connectivity index (χ2v) is 4.77. The number of rotatable bonds is 6. The number of aryl methyl sites for hydroxylation is 1. The molecule has 0 aromatic carbocycles. The molecule has 0 spiro atoms. The number of aromatic nitrogens is 2. The van der Waals surface area contributed by atoms with Crippen LogP contribution in [0.1, 0.15) is 26.0 Å². The van der Waals surface area contributed by atoms with Crippen LogP contribution in [0.2, 0.25) is 5.02 Å². The minimum absolute atomic E-state index is 0.217. The molecule has 1 aromatic heterocycles. The van der Waals surface area contributed by atoms with Gasteiger partial charge in [0.15, 0.2) is 0 Å². The molecule has 0 radical (unpaired) electrons. The summed E-state index contributed by atoms with van der Waals surface area (Å²) >= 11 is 5.90. The molecule has 96 valence electrons. The minimum Gasteiger partial charge on any atom is -0.368 e. The Balaban J connectivity index is 2.58. The fraction of sp³-hybridized carbons (Fsp3) is 0.636. The Hall–Kier alpha value is -1.07. The standard InChI is InChI=1S/C11H19ClN4O/c1-7(2)15-10(11(13)17)4-5-16-8(3)9(12)6-14-16/h6-7,10,15H,4-5H2,1-3H3,(H2,13,17). The van der Waals surface area contributed by atoms with Crippen molar-refractivity contribution in [2.75, 3.05) is 0 Å². The Morgan fingerprint density at radius 2 is 2.29 bits per heavy atom. The van der Waals surface area contributed by atoms with E-state index in [1.54, 1.807) is 10.9 Å². The summed E-state index contributed by atoms with van der Waals surface area (Å²) in [6.45, 7) is 6.47. The van der Waals surface area contributed by atoms with Gasteiger partial charge in [-0.15, -0.1) is 0 Å². The molecule has 1 amide bonds. The van der Waals surface area contributed by atoms with Crippen molar-refractivity contribution in [1.29, 1.82) is 0 Å². The largest absolute Gasteiger partial charge is 0.368 e. The number of primary amides is 1. The number of hydrogen-bond acceptors (Lipinski definition) is 3. The highest BCUT2D eigenvalue weighted by Crippen LogP contribution is 2.13. The smallest absolute Gasteiger partial charge is 0.234 e.